The lowest BCUT2D eigenvalue weighted by molar-refractivity contribution is 0.0835. The predicted molar refractivity (Wildman–Crippen MR) is 69.5 cm³/mol. The summed E-state index contributed by atoms with van der Waals surface area (Å²) < 4.78 is 15.5. The fraction of sp³-hybridized carbons (Fsp3) is 0.538. The van der Waals surface area contributed by atoms with Gasteiger partial charge < -0.3 is 19.1 Å². The normalized spacial score (nSPS) is 18.0. The van der Waals surface area contributed by atoms with E-state index in [4.69, 9.17) is 13.8 Å². The van der Waals surface area contributed by atoms with Crippen LogP contribution in [0.4, 0.5) is 0 Å². The molecule has 8 heteroatoms. The van der Waals surface area contributed by atoms with Crippen molar-refractivity contribution in [3.8, 4) is 0 Å². The highest BCUT2D eigenvalue weighted by Gasteiger charge is 2.23. The van der Waals surface area contributed by atoms with Crippen LogP contribution in [-0.2, 0) is 11.2 Å². The zero-order valence-electron chi connectivity index (χ0n) is 11.7. The second kappa shape index (κ2) is 6.04. The summed E-state index contributed by atoms with van der Waals surface area (Å²) in [6, 6.07) is 0. The molecule has 1 aliphatic rings. The molecular weight excluding hydrogens is 276 g/mol. The molecule has 2 aromatic heterocycles. The van der Waals surface area contributed by atoms with Gasteiger partial charge in [-0.2, -0.15) is 4.98 Å². The van der Waals surface area contributed by atoms with Gasteiger partial charge in [-0.1, -0.05) is 10.3 Å². The zero-order valence-corrected chi connectivity index (χ0v) is 11.7. The Morgan fingerprint density at radius 1 is 1.48 bits per heavy atom. The molecule has 1 aliphatic heterocycles. The number of ether oxygens (including phenoxy) is 1. The maximum absolute atomic E-state index is 11.8. The van der Waals surface area contributed by atoms with Crippen molar-refractivity contribution in [1.29, 1.82) is 0 Å². The van der Waals surface area contributed by atoms with E-state index in [1.807, 2.05) is 0 Å². The van der Waals surface area contributed by atoms with Crippen molar-refractivity contribution in [3.05, 3.63) is 29.2 Å². The van der Waals surface area contributed by atoms with Crippen molar-refractivity contribution in [1.82, 2.24) is 20.6 Å². The monoisotopic (exact) mass is 292 g/mol. The number of carbonyl (C=O) groups is 1. The molecule has 1 amide bonds. The summed E-state index contributed by atoms with van der Waals surface area (Å²) >= 11 is 0. The fourth-order valence-corrected chi connectivity index (χ4v) is 2.17. The second-order valence-electron chi connectivity index (χ2n) is 4.85. The van der Waals surface area contributed by atoms with E-state index in [1.54, 1.807) is 6.92 Å². The molecule has 0 aromatic carbocycles. The Morgan fingerprint density at radius 3 is 3.10 bits per heavy atom. The van der Waals surface area contributed by atoms with Crippen LogP contribution in [0, 0.1) is 6.92 Å². The third-order valence-electron chi connectivity index (χ3n) is 3.32. The van der Waals surface area contributed by atoms with Crippen molar-refractivity contribution >= 4 is 5.91 Å². The second-order valence-corrected chi connectivity index (χ2v) is 4.85. The molecule has 1 atom stereocenters. The van der Waals surface area contributed by atoms with Crippen LogP contribution in [-0.4, -0.2) is 34.4 Å². The van der Waals surface area contributed by atoms with E-state index in [-0.39, 0.29) is 12.0 Å². The number of nitrogens with one attached hydrogen (secondary N) is 1. The molecule has 112 valence electrons. The Morgan fingerprint density at radius 2 is 2.38 bits per heavy atom. The average molecular weight is 292 g/mol. The molecule has 3 heterocycles. The highest BCUT2D eigenvalue weighted by Crippen LogP contribution is 2.26. The maximum Gasteiger partial charge on any atom is 0.256 e. The van der Waals surface area contributed by atoms with Crippen LogP contribution in [0.3, 0.4) is 0 Å². The lowest BCUT2D eigenvalue weighted by Gasteiger charge is -2.01. The molecule has 0 radical (unpaired) electrons. The van der Waals surface area contributed by atoms with Crippen molar-refractivity contribution in [2.45, 2.75) is 32.3 Å². The third-order valence-corrected chi connectivity index (χ3v) is 3.32. The van der Waals surface area contributed by atoms with Gasteiger partial charge in [0, 0.05) is 19.6 Å². The van der Waals surface area contributed by atoms with Crippen LogP contribution in [0.5, 0.6) is 0 Å². The SMILES string of the molecule is Cc1oncc1C(=O)NCCc1noc([C@@H]2CCCO2)n1. The van der Waals surface area contributed by atoms with Crippen LogP contribution >= 0.6 is 0 Å². The molecule has 2 aromatic rings. The molecule has 8 nitrogen and oxygen atoms in total. The van der Waals surface area contributed by atoms with E-state index in [2.05, 4.69) is 20.6 Å². The fourth-order valence-electron chi connectivity index (χ4n) is 2.17. The maximum atomic E-state index is 11.8. The molecule has 0 aliphatic carbocycles. The van der Waals surface area contributed by atoms with E-state index in [9.17, 15) is 4.79 Å². The molecule has 1 saturated heterocycles. The molecule has 3 rings (SSSR count). The van der Waals surface area contributed by atoms with Crippen LogP contribution in [0.1, 0.15) is 46.8 Å². The Kier molecular flexibility index (Phi) is 3.96. The van der Waals surface area contributed by atoms with Gasteiger partial charge in [0.05, 0.1) is 6.20 Å². The van der Waals surface area contributed by atoms with Gasteiger partial charge in [-0.3, -0.25) is 4.79 Å². The smallest absolute Gasteiger partial charge is 0.256 e. The Bertz CT molecular complexity index is 615. The molecule has 0 spiro atoms. The van der Waals surface area contributed by atoms with Gasteiger partial charge in [0.2, 0.25) is 0 Å². The van der Waals surface area contributed by atoms with Gasteiger partial charge in [-0.05, 0) is 19.8 Å². The summed E-state index contributed by atoms with van der Waals surface area (Å²) in [6.45, 7) is 2.83. The molecule has 0 bridgehead atoms. The molecular formula is C13H16N4O4. The largest absolute Gasteiger partial charge is 0.368 e. The summed E-state index contributed by atoms with van der Waals surface area (Å²) in [5.41, 5.74) is 0.433. The van der Waals surface area contributed by atoms with E-state index in [0.717, 1.165) is 19.4 Å². The lowest BCUT2D eigenvalue weighted by atomic mass is 10.2. The van der Waals surface area contributed by atoms with E-state index in [0.29, 0.717) is 36.0 Å². The van der Waals surface area contributed by atoms with Gasteiger partial charge in [0.25, 0.3) is 11.8 Å². The summed E-state index contributed by atoms with van der Waals surface area (Å²) in [5, 5.41) is 10.2. The van der Waals surface area contributed by atoms with E-state index >= 15 is 0 Å². The first-order valence-electron chi connectivity index (χ1n) is 6.87. The summed E-state index contributed by atoms with van der Waals surface area (Å²) in [7, 11) is 0. The first kappa shape index (κ1) is 13.7. The third kappa shape index (κ3) is 3.10. The standard InChI is InChI=1S/C13H16N4O4/c1-8-9(7-15-20-8)12(18)14-5-4-11-16-13(21-17-11)10-3-2-6-19-10/h7,10H,2-6H2,1H3,(H,14,18)/t10-/m0/s1. The van der Waals surface area contributed by atoms with E-state index < -0.39 is 0 Å². The minimum atomic E-state index is -0.225. The quantitative estimate of drug-likeness (QED) is 0.882. The van der Waals surface area contributed by atoms with Crippen molar-refractivity contribution in [2.75, 3.05) is 13.2 Å². The van der Waals surface area contributed by atoms with Crippen LogP contribution in [0.25, 0.3) is 0 Å². The van der Waals surface area contributed by atoms with Gasteiger partial charge in [0.15, 0.2) is 5.82 Å². The van der Waals surface area contributed by atoms with Crippen LogP contribution in [0.15, 0.2) is 15.2 Å². The van der Waals surface area contributed by atoms with Crippen molar-refractivity contribution in [2.24, 2.45) is 0 Å². The van der Waals surface area contributed by atoms with E-state index in [1.165, 1.54) is 6.20 Å². The highest BCUT2D eigenvalue weighted by molar-refractivity contribution is 5.94. The molecule has 1 N–H and O–H groups in total. The Hall–Kier alpha value is -2.22. The molecule has 0 saturated carbocycles. The van der Waals surface area contributed by atoms with Crippen LogP contribution in [0.2, 0.25) is 0 Å². The van der Waals surface area contributed by atoms with Gasteiger partial charge in [-0.25, -0.2) is 0 Å². The zero-order chi connectivity index (χ0) is 14.7. The van der Waals surface area contributed by atoms with Gasteiger partial charge in [-0.15, -0.1) is 0 Å². The minimum Gasteiger partial charge on any atom is -0.368 e. The number of amides is 1. The minimum absolute atomic E-state index is 0.0829. The van der Waals surface area contributed by atoms with Gasteiger partial charge >= 0.3 is 0 Å². The lowest BCUT2D eigenvalue weighted by Crippen LogP contribution is -2.26. The van der Waals surface area contributed by atoms with Crippen molar-refractivity contribution < 1.29 is 18.6 Å². The average Bonchev–Trinajstić information content (AvgIpc) is 3.19. The number of aryl methyl sites for hydroxylation is 1. The molecule has 0 unspecified atom stereocenters. The van der Waals surface area contributed by atoms with Crippen LogP contribution < -0.4 is 5.32 Å². The number of aromatic nitrogens is 3. The predicted octanol–water partition coefficient (Wildman–Crippen LogP) is 1.19. The highest BCUT2D eigenvalue weighted by atomic mass is 16.5. The molecule has 21 heavy (non-hydrogen) atoms. The molecule has 1 fully saturated rings. The topological polar surface area (TPSA) is 103 Å². The van der Waals surface area contributed by atoms with Crippen molar-refractivity contribution in [3.63, 3.8) is 0 Å². The number of hydrogen-bond acceptors (Lipinski definition) is 7. The Labute approximate surface area is 120 Å². The van der Waals surface area contributed by atoms with Gasteiger partial charge in [0.1, 0.15) is 17.4 Å². The number of nitrogens with zero attached hydrogens (tertiary/aromatic N) is 3. The number of carbonyl (C=O) groups excluding carboxylic acids is 1. The summed E-state index contributed by atoms with van der Waals surface area (Å²) in [4.78, 5) is 16.1. The Balaban J connectivity index is 1.49. The first-order chi connectivity index (χ1) is 10.2. The number of rotatable bonds is 5. The first-order valence-corrected chi connectivity index (χ1v) is 6.87. The summed E-state index contributed by atoms with van der Waals surface area (Å²) in [6.07, 6.45) is 3.73. The number of hydrogen-bond donors (Lipinski definition) is 1. The summed E-state index contributed by atoms with van der Waals surface area (Å²) in [5.74, 6) is 1.34.